The Labute approximate surface area is 176 Å². The largest absolute Gasteiger partial charge is 0.452 e. The minimum absolute atomic E-state index is 0.0955. The number of ketones is 1. The SMILES string of the molecule is NC(=O)c1cccc2c1O/C(=C\c1ccc(C(=O)N3CCn4cnnc4C3)cc1)C2=O. The number of nitrogens with zero attached hydrogens (tertiary/aromatic N) is 4. The van der Waals surface area contributed by atoms with Crippen LogP contribution in [0.4, 0.5) is 0 Å². The molecule has 154 valence electrons. The topological polar surface area (TPSA) is 120 Å². The lowest BCUT2D eigenvalue weighted by atomic mass is 10.0. The van der Waals surface area contributed by atoms with Gasteiger partial charge in [-0.25, -0.2) is 0 Å². The summed E-state index contributed by atoms with van der Waals surface area (Å²) in [7, 11) is 0. The second-order valence-electron chi connectivity index (χ2n) is 7.28. The van der Waals surface area contributed by atoms with Crippen LogP contribution in [0, 0.1) is 0 Å². The molecule has 2 N–H and O–H groups in total. The summed E-state index contributed by atoms with van der Waals surface area (Å²) in [5.74, 6) is -0.0533. The molecule has 2 aliphatic heterocycles. The third kappa shape index (κ3) is 3.25. The molecule has 0 saturated carbocycles. The van der Waals surface area contributed by atoms with E-state index >= 15 is 0 Å². The molecule has 2 aromatic carbocycles. The highest BCUT2D eigenvalue weighted by Gasteiger charge is 2.30. The van der Waals surface area contributed by atoms with Gasteiger partial charge in [-0.1, -0.05) is 18.2 Å². The molecule has 9 nitrogen and oxygen atoms in total. The average molecular weight is 415 g/mol. The van der Waals surface area contributed by atoms with Crippen LogP contribution >= 0.6 is 0 Å². The van der Waals surface area contributed by atoms with Crippen molar-refractivity contribution < 1.29 is 19.1 Å². The number of fused-ring (bicyclic) bond motifs is 2. The number of aromatic nitrogens is 3. The Balaban J connectivity index is 1.34. The van der Waals surface area contributed by atoms with E-state index in [1.165, 1.54) is 6.07 Å². The van der Waals surface area contributed by atoms with Gasteiger partial charge in [-0.2, -0.15) is 0 Å². The first-order valence-electron chi connectivity index (χ1n) is 9.64. The van der Waals surface area contributed by atoms with E-state index in [2.05, 4.69) is 10.2 Å². The van der Waals surface area contributed by atoms with Crippen molar-refractivity contribution in [1.29, 1.82) is 0 Å². The molecule has 3 heterocycles. The molecule has 0 atom stereocenters. The number of primary amides is 1. The Bertz CT molecular complexity index is 1260. The zero-order chi connectivity index (χ0) is 21.5. The number of hydrogen-bond donors (Lipinski definition) is 1. The Kier molecular flexibility index (Phi) is 4.36. The number of carbonyl (C=O) groups is 3. The molecule has 2 amide bonds. The van der Waals surface area contributed by atoms with Crippen LogP contribution in [0.3, 0.4) is 0 Å². The molecule has 3 aromatic rings. The van der Waals surface area contributed by atoms with Crippen molar-refractivity contribution in [2.24, 2.45) is 5.73 Å². The predicted octanol–water partition coefficient (Wildman–Crippen LogP) is 1.65. The Morgan fingerprint density at radius 1 is 1.10 bits per heavy atom. The molecule has 0 unspecified atom stereocenters. The highest BCUT2D eigenvalue weighted by molar-refractivity contribution is 6.16. The minimum Gasteiger partial charge on any atom is -0.452 e. The monoisotopic (exact) mass is 415 g/mol. The molecule has 2 aliphatic rings. The number of nitrogens with two attached hydrogens (primary N) is 1. The molecule has 0 radical (unpaired) electrons. The van der Waals surface area contributed by atoms with Crippen LogP contribution in [0.15, 0.2) is 54.6 Å². The number of benzene rings is 2. The molecular weight excluding hydrogens is 398 g/mol. The van der Waals surface area contributed by atoms with Gasteiger partial charge >= 0.3 is 0 Å². The Morgan fingerprint density at radius 2 is 1.90 bits per heavy atom. The third-order valence-electron chi connectivity index (χ3n) is 5.34. The molecular formula is C22H17N5O4. The van der Waals surface area contributed by atoms with E-state index in [0.29, 0.717) is 36.3 Å². The van der Waals surface area contributed by atoms with Gasteiger partial charge in [0.25, 0.3) is 11.8 Å². The number of Topliss-reactive ketones (excluding diaryl/α,β-unsaturated/α-hetero) is 1. The van der Waals surface area contributed by atoms with E-state index in [1.54, 1.807) is 53.7 Å². The number of rotatable bonds is 3. The molecule has 0 aliphatic carbocycles. The highest BCUT2D eigenvalue weighted by Crippen LogP contribution is 2.35. The van der Waals surface area contributed by atoms with Gasteiger partial charge in [0.15, 0.2) is 17.3 Å². The summed E-state index contributed by atoms with van der Waals surface area (Å²) in [6, 6.07) is 11.6. The second kappa shape index (κ2) is 7.21. The summed E-state index contributed by atoms with van der Waals surface area (Å²) in [5.41, 5.74) is 7.04. The van der Waals surface area contributed by atoms with Crippen LogP contribution in [-0.2, 0) is 13.1 Å². The average Bonchev–Trinajstić information content (AvgIpc) is 3.37. The van der Waals surface area contributed by atoms with Gasteiger partial charge in [-0.05, 0) is 35.9 Å². The zero-order valence-corrected chi connectivity index (χ0v) is 16.3. The number of para-hydroxylation sites is 1. The molecule has 1 aromatic heterocycles. The first-order chi connectivity index (χ1) is 15.0. The van der Waals surface area contributed by atoms with Crippen molar-refractivity contribution in [1.82, 2.24) is 19.7 Å². The highest BCUT2D eigenvalue weighted by atomic mass is 16.5. The van der Waals surface area contributed by atoms with Crippen molar-refractivity contribution in [3.05, 3.63) is 82.6 Å². The van der Waals surface area contributed by atoms with Crippen molar-refractivity contribution in [3.63, 3.8) is 0 Å². The van der Waals surface area contributed by atoms with Gasteiger partial charge in [0, 0.05) is 18.7 Å². The molecule has 0 saturated heterocycles. The van der Waals surface area contributed by atoms with Crippen molar-refractivity contribution in [2.75, 3.05) is 6.54 Å². The van der Waals surface area contributed by atoms with Crippen LogP contribution in [0.1, 0.15) is 42.5 Å². The summed E-state index contributed by atoms with van der Waals surface area (Å²) in [6.07, 6.45) is 3.24. The number of allylic oxidation sites excluding steroid dienone is 1. The zero-order valence-electron chi connectivity index (χ0n) is 16.3. The first kappa shape index (κ1) is 18.7. The second-order valence-corrected chi connectivity index (χ2v) is 7.28. The lowest BCUT2D eigenvalue weighted by molar-refractivity contribution is 0.0707. The molecule has 31 heavy (non-hydrogen) atoms. The van der Waals surface area contributed by atoms with Crippen LogP contribution in [0.5, 0.6) is 5.75 Å². The van der Waals surface area contributed by atoms with Gasteiger partial charge in [0.1, 0.15) is 6.33 Å². The molecule has 9 heteroatoms. The van der Waals surface area contributed by atoms with Crippen LogP contribution < -0.4 is 10.5 Å². The summed E-state index contributed by atoms with van der Waals surface area (Å²) >= 11 is 0. The smallest absolute Gasteiger partial charge is 0.254 e. The van der Waals surface area contributed by atoms with Crippen LogP contribution in [-0.4, -0.2) is 43.8 Å². The summed E-state index contributed by atoms with van der Waals surface area (Å²) in [5, 5.41) is 7.90. The van der Waals surface area contributed by atoms with E-state index in [0.717, 1.165) is 5.82 Å². The first-order valence-corrected chi connectivity index (χ1v) is 9.64. The predicted molar refractivity (Wildman–Crippen MR) is 109 cm³/mol. The molecule has 0 fully saturated rings. The summed E-state index contributed by atoms with van der Waals surface area (Å²) < 4.78 is 7.56. The maximum atomic E-state index is 12.8. The number of carbonyl (C=O) groups excluding carboxylic acids is 3. The summed E-state index contributed by atoms with van der Waals surface area (Å²) in [6.45, 7) is 1.65. The number of amides is 2. The molecule has 5 rings (SSSR count). The maximum absolute atomic E-state index is 12.8. The fraction of sp³-hybridized carbons (Fsp3) is 0.136. The van der Waals surface area contributed by atoms with E-state index in [1.807, 2.05) is 4.57 Å². The van der Waals surface area contributed by atoms with Gasteiger partial charge in [0.2, 0.25) is 5.78 Å². The number of ether oxygens (including phenoxy) is 1. The van der Waals surface area contributed by atoms with Gasteiger partial charge in [-0.15, -0.1) is 10.2 Å². The Hall–Kier alpha value is -4.27. The van der Waals surface area contributed by atoms with Crippen molar-refractivity contribution in [3.8, 4) is 5.75 Å². The van der Waals surface area contributed by atoms with Crippen LogP contribution in [0.2, 0.25) is 0 Å². The van der Waals surface area contributed by atoms with Gasteiger partial charge in [0.05, 0.1) is 17.7 Å². The molecule has 0 spiro atoms. The fourth-order valence-corrected chi connectivity index (χ4v) is 3.70. The standard InChI is InChI=1S/C22H17N5O4/c23-21(29)16-3-1-2-15-19(28)17(31-20(15)16)10-13-4-6-14(7-5-13)22(30)26-8-9-27-12-24-25-18(27)11-26/h1-7,10,12H,8-9,11H2,(H2,23,29)/b17-10-. The summed E-state index contributed by atoms with van der Waals surface area (Å²) in [4.78, 5) is 38.7. The lowest BCUT2D eigenvalue weighted by Crippen LogP contribution is -2.38. The van der Waals surface area contributed by atoms with E-state index < -0.39 is 5.91 Å². The van der Waals surface area contributed by atoms with Gasteiger partial charge in [-0.3, -0.25) is 14.4 Å². The maximum Gasteiger partial charge on any atom is 0.254 e. The molecule has 0 bridgehead atoms. The Morgan fingerprint density at radius 3 is 2.68 bits per heavy atom. The van der Waals surface area contributed by atoms with Gasteiger partial charge < -0.3 is 19.9 Å². The van der Waals surface area contributed by atoms with Crippen molar-refractivity contribution >= 4 is 23.7 Å². The quantitative estimate of drug-likeness (QED) is 0.650. The van der Waals surface area contributed by atoms with E-state index in [4.69, 9.17) is 10.5 Å². The number of hydrogen-bond acceptors (Lipinski definition) is 6. The lowest BCUT2D eigenvalue weighted by Gasteiger charge is -2.27. The van der Waals surface area contributed by atoms with Crippen molar-refractivity contribution in [2.45, 2.75) is 13.1 Å². The normalized spacial score (nSPS) is 16.1. The minimum atomic E-state index is -0.662. The van der Waals surface area contributed by atoms with Crippen LogP contribution in [0.25, 0.3) is 6.08 Å². The third-order valence-corrected chi connectivity index (χ3v) is 5.34. The van der Waals surface area contributed by atoms with E-state index in [-0.39, 0.29) is 28.8 Å². The van der Waals surface area contributed by atoms with E-state index in [9.17, 15) is 14.4 Å². The fourth-order valence-electron chi connectivity index (χ4n) is 3.70.